The second-order valence-electron chi connectivity index (χ2n) is 5.44. The minimum absolute atomic E-state index is 0.208. The van der Waals surface area contributed by atoms with Crippen molar-refractivity contribution in [2.24, 2.45) is 10.8 Å². The first-order valence-electron chi connectivity index (χ1n) is 5.35. The fourth-order valence-corrected chi connectivity index (χ4v) is 0.926. The lowest BCUT2D eigenvalue weighted by Gasteiger charge is -2.22. The van der Waals surface area contributed by atoms with E-state index < -0.39 is 22.6 Å². The highest BCUT2D eigenvalue weighted by Crippen LogP contribution is 2.24. The number of ketones is 2. The van der Waals surface area contributed by atoms with Crippen LogP contribution in [0.25, 0.3) is 0 Å². The summed E-state index contributed by atoms with van der Waals surface area (Å²) in [6.45, 7) is 7.99. The third kappa shape index (κ3) is 4.26. The highest BCUT2D eigenvalue weighted by Gasteiger charge is 2.40. The van der Waals surface area contributed by atoms with Crippen LogP contribution in [0.4, 0.5) is 0 Å². The van der Waals surface area contributed by atoms with Crippen molar-refractivity contribution in [3.63, 3.8) is 0 Å². The predicted octanol–water partition coefficient (Wildman–Crippen LogP) is 1.69. The Kier molecular flexibility index (Phi) is 5.01. The van der Waals surface area contributed by atoms with E-state index in [1.807, 2.05) is 0 Å². The minimum Gasteiger partial charge on any atom is -0.299 e. The van der Waals surface area contributed by atoms with Crippen LogP contribution < -0.4 is 0 Å². The van der Waals surface area contributed by atoms with Gasteiger partial charge in [-0.3, -0.25) is 14.5 Å². The number of carbonyl (C=O) groups is 3. The monoisotopic (exact) mass is 244 g/mol. The molecular formula is C12H20O5. The standard InChI is InChI=1S/C12H20O5/c1-11(2,3)8(13)7-9(14)12(4,5)10(15)17-16-6/h7H2,1-6H3. The Morgan fingerprint density at radius 1 is 0.941 bits per heavy atom. The first-order chi connectivity index (χ1) is 7.53. The molecule has 0 radical (unpaired) electrons. The van der Waals surface area contributed by atoms with Gasteiger partial charge in [0.1, 0.15) is 11.2 Å². The summed E-state index contributed by atoms with van der Waals surface area (Å²) in [7, 11) is 1.18. The van der Waals surface area contributed by atoms with Crippen LogP contribution in [0.3, 0.4) is 0 Å². The van der Waals surface area contributed by atoms with Crippen molar-refractivity contribution in [3.8, 4) is 0 Å². The van der Waals surface area contributed by atoms with Gasteiger partial charge in [-0.2, -0.15) is 4.89 Å². The van der Waals surface area contributed by atoms with Gasteiger partial charge in [0.25, 0.3) is 0 Å². The average molecular weight is 244 g/mol. The minimum atomic E-state index is -1.38. The molecule has 0 aliphatic rings. The maximum atomic E-state index is 11.9. The van der Waals surface area contributed by atoms with Gasteiger partial charge in [0, 0.05) is 5.41 Å². The van der Waals surface area contributed by atoms with Crippen LogP contribution in [0.15, 0.2) is 0 Å². The van der Waals surface area contributed by atoms with E-state index in [-0.39, 0.29) is 12.2 Å². The van der Waals surface area contributed by atoms with Gasteiger partial charge in [-0.05, 0) is 13.8 Å². The molecule has 17 heavy (non-hydrogen) atoms. The molecule has 0 aliphatic carbocycles. The maximum Gasteiger partial charge on any atom is 0.355 e. The molecule has 0 saturated heterocycles. The molecule has 5 heteroatoms. The molecule has 0 aromatic carbocycles. The van der Waals surface area contributed by atoms with Gasteiger partial charge >= 0.3 is 5.97 Å². The smallest absolute Gasteiger partial charge is 0.299 e. The topological polar surface area (TPSA) is 69.7 Å². The molecule has 0 heterocycles. The molecule has 0 rings (SSSR count). The highest BCUT2D eigenvalue weighted by molar-refractivity contribution is 6.11. The van der Waals surface area contributed by atoms with Crippen molar-refractivity contribution in [1.29, 1.82) is 0 Å². The van der Waals surface area contributed by atoms with Crippen molar-refractivity contribution in [2.75, 3.05) is 7.11 Å². The Bertz CT molecular complexity index is 322. The third-order valence-electron chi connectivity index (χ3n) is 2.52. The second-order valence-corrected chi connectivity index (χ2v) is 5.44. The zero-order chi connectivity index (χ0) is 13.9. The summed E-state index contributed by atoms with van der Waals surface area (Å²) in [5.74, 6) is -1.48. The van der Waals surface area contributed by atoms with E-state index in [0.29, 0.717) is 0 Å². The Labute approximate surface area is 101 Å². The third-order valence-corrected chi connectivity index (χ3v) is 2.52. The summed E-state index contributed by atoms with van der Waals surface area (Å²) in [4.78, 5) is 43.6. The SMILES string of the molecule is COOC(=O)C(C)(C)C(=O)CC(=O)C(C)(C)C. The van der Waals surface area contributed by atoms with Crippen molar-refractivity contribution in [3.05, 3.63) is 0 Å². The highest BCUT2D eigenvalue weighted by atomic mass is 17.2. The molecule has 0 unspecified atom stereocenters. The Morgan fingerprint density at radius 3 is 1.76 bits per heavy atom. The van der Waals surface area contributed by atoms with Crippen LogP contribution in [-0.4, -0.2) is 24.6 Å². The molecule has 0 aliphatic heterocycles. The van der Waals surface area contributed by atoms with Crippen LogP contribution in [0, 0.1) is 10.8 Å². The molecule has 0 bridgehead atoms. The van der Waals surface area contributed by atoms with Gasteiger partial charge in [-0.1, -0.05) is 20.8 Å². The molecular weight excluding hydrogens is 224 g/mol. The fourth-order valence-electron chi connectivity index (χ4n) is 0.926. The number of hydrogen-bond donors (Lipinski definition) is 0. The van der Waals surface area contributed by atoms with Crippen LogP contribution in [0.5, 0.6) is 0 Å². The van der Waals surface area contributed by atoms with E-state index in [9.17, 15) is 14.4 Å². The quantitative estimate of drug-likeness (QED) is 0.418. The Balaban J connectivity index is 4.72. The van der Waals surface area contributed by atoms with Gasteiger partial charge < -0.3 is 0 Å². The van der Waals surface area contributed by atoms with E-state index in [2.05, 4.69) is 9.78 Å². The first kappa shape index (κ1) is 15.8. The van der Waals surface area contributed by atoms with Gasteiger partial charge in [-0.15, -0.1) is 0 Å². The molecule has 0 spiro atoms. The fraction of sp³-hybridized carbons (Fsp3) is 0.750. The van der Waals surface area contributed by atoms with Crippen LogP contribution in [0.1, 0.15) is 41.0 Å². The number of hydrogen-bond acceptors (Lipinski definition) is 5. The van der Waals surface area contributed by atoms with Crippen molar-refractivity contribution in [1.82, 2.24) is 0 Å². The van der Waals surface area contributed by atoms with Crippen molar-refractivity contribution in [2.45, 2.75) is 41.0 Å². The molecule has 0 saturated carbocycles. The van der Waals surface area contributed by atoms with Crippen molar-refractivity contribution < 1.29 is 24.2 Å². The summed E-state index contributed by atoms with van der Waals surface area (Å²) in [6.07, 6.45) is -0.282. The molecule has 0 aromatic heterocycles. The number of rotatable bonds is 5. The summed E-state index contributed by atoms with van der Waals surface area (Å²) in [5, 5.41) is 0. The molecule has 0 fully saturated rings. The number of carbonyl (C=O) groups excluding carboxylic acids is 3. The van der Waals surface area contributed by atoms with Gasteiger partial charge in [0.2, 0.25) is 0 Å². The maximum absolute atomic E-state index is 11.9. The number of Topliss-reactive ketones (excluding diaryl/α,β-unsaturated/α-hetero) is 2. The van der Waals surface area contributed by atoms with Gasteiger partial charge in [-0.25, -0.2) is 4.79 Å². The molecule has 0 amide bonds. The van der Waals surface area contributed by atoms with E-state index in [0.717, 1.165) is 0 Å². The van der Waals surface area contributed by atoms with Gasteiger partial charge in [0.05, 0.1) is 13.5 Å². The van der Waals surface area contributed by atoms with Crippen LogP contribution in [-0.2, 0) is 24.2 Å². The second kappa shape index (κ2) is 5.40. The van der Waals surface area contributed by atoms with Crippen molar-refractivity contribution >= 4 is 17.5 Å². The predicted molar refractivity (Wildman–Crippen MR) is 61.0 cm³/mol. The molecule has 0 N–H and O–H groups in total. The Morgan fingerprint density at radius 2 is 1.41 bits per heavy atom. The van der Waals surface area contributed by atoms with E-state index in [4.69, 9.17) is 0 Å². The molecule has 98 valence electrons. The molecule has 0 aromatic rings. The largest absolute Gasteiger partial charge is 0.355 e. The summed E-state index contributed by atoms with van der Waals surface area (Å²) in [5.41, 5.74) is -1.98. The van der Waals surface area contributed by atoms with E-state index >= 15 is 0 Å². The lowest BCUT2D eigenvalue weighted by molar-refractivity contribution is -0.262. The van der Waals surface area contributed by atoms with Crippen LogP contribution in [0.2, 0.25) is 0 Å². The Hall–Kier alpha value is -1.23. The lowest BCUT2D eigenvalue weighted by Crippen LogP contribution is -2.37. The van der Waals surface area contributed by atoms with Crippen LogP contribution >= 0.6 is 0 Å². The zero-order valence-electron chi connectivity index (χ0n) is 11.2. The summed E-state index contributed by atoms with van der Waals surface area (Å²) < 4.78 is 0. The first-order valence-corrected chi connectivity index (χ1v) is 5.35. The average Bonchev–Trinajstić information content (AvgIpc) is 2.16. The molecule has 5 nitrogen and oxygen atoms in total. The van der Waals surface area contributed by atoms with E-state index in [1.54, 1.807) is 20.8 Å². The summed E-state index contributed by atoms with van der Waals surface area (Å²) >= 11 is 0. The lowest BCUT2D eigenvalue weighted by atomic mass is 9.80. The van der Waals surface area contributed by atoms with Gasteiger partial charge in [0.15, 0.2) is 5.78 Å². The summed E-state index contributed by atoms with van der Waals surface area (Å²) in [6, 6.07) is 0. The normalized spacial score (nSPS) is 12.1. The zero-order valence-corrected chi connectivity index (χ0v) is 11.2. The van der Waals surface area contributed by atoms with E-state index in [1.165, 1.54) is 21.0 Å². The molecule has 0 atom stereocenters.